The van der Waals surface area contributed by atoms with Gasteiger partial charge >= 0.3 is 5.97 Å². The van der Waals surface area contributed by atoms with Gasteiger partial charge in [-0.15, -0.1) is 0 Å². The predicted octanol–water partition coefficient (Wildman–Crippen LogP) is 1.41. The third kappa shape index (κ3) is 3.38. The molecule has 20 heavy (non-hydrogen) atoms. The van der Waals surface area contributed by atoms with Crippen LogP contribution < -0.4 is 5.32 Å². The van der Waals surface area contributed by atoms with E-state index in [2.05, 4.69) is 15.3 Å². The van der Waals surface area contributed by atoms with Crippen molar-refractivity contribution in [2.75, 3.05) is 0 Å². The number of aromatic carboxylic acids is 1. The molecule has 2 aromatic rings. The van der Waals surface area contributed by atoms with Gasteiger partial charge in [0, 0.05) is 18.6 Å². The topological polar surface area (TPSA) is 92.2 Å². The second kappa shape index (κ2) is 5.92. The molecule has 0 aliphatic rings. The van der Waals surface area contributed by atoms with Crippen LogP contribution in [0.3, 0.4) is 0 Å². The minimum Gasteiger partial charge on any atom is -0.478 e. The highest BCUT2D eigenvalue weighted by molar-refractivity contribution is 5.94. The Hall–Kier alpha value is -2.76. The van der Waals surface area contributed by atoms with Crippen molar-refractivity contribution in [2.45, 2.75) is 13.5 Å². The lowest BCUT2D eigenvalue weighted by Gasteiger charge is -2.05. The lowest BCUT2D eigenvalue weighted by atomic mass is 10.2. The lowest BCUT2D eigenvalue weighted by Crippen LogP contribution is -2.23. The first-order valence-corrected chi connectivity index (χ1v) is 5.94. The molecule has 0 saturated carbocycles. The molecule has 2 N–H and O–H groups in total. The predicted molar refractivity (Wildman–Crippen MR) is 71.3 cm³/mol. The number of hydrogen-bond acceptors (Lipinski definition) is 4. The zero-order valence-corrected chi connectivity index (χ0v) is 10.8. The van der Waals surface area contributed by atoms with E-state index in [-0.39, 0.29) is 18.0 Å². The van der Waals surface area contributed by atoms with Crippen LogP contribution in [0.25, 0.3) is 0 Å². The monoisotopic (exact) mass is 271 g/mol. The highest BCUT2D eigenvalue weighted by atomic mass is 16.4. The second-order valence-corrected chi connectivity index (χ2v) is 4.27. The lowest BCUT2D eigenvalue weighted by molar-refractivity contribution is 0.0696. The van der Waals surface area contributed by atoms with Gasteiger partial charge in [0.1, 0.15) is 0 Å². The van der Waals surface area contributed by atoms with Crippen molar-refractivity contribution in [3.05, 3.63) is 59.2 Å². The van der Waals surface area contributed by atoms with Gasteiger partial charge in [0.15, 0.2) is 0 Å². The van der Waals surface area contributed by atoms with Gasteiger partial charge in [-0.05, 0) is 30.7 Å². The first-order valence-electron chi connectivity index (χ1n) is 5.94. The molecule has 6 nitrogen and oxygen atoms in total. The Morgan fingerprint density at radius 1 is 1.25 bits per heavy atom. The van der Waals surface area contributed by atoms with Crippen molar-refractivity contribution < 1.29 is 14.7 Å². The number of carboxylic acids is 1. The van der Waals surface area contributed by atoms with E-state index in [1.807, 2.05) is 6.92 Å². The number of carboxylic acid groups (broad SMARTS) is 1. The molecular weight excluding hydrogens is 258 g/mol. The maximum Gasteiger partial charge on any atom is 0.335 e. The molecule has 0 spiro atoms. The van der Waals surface area contributed by atoms with E-state index in [9.17, 15) is 9.59 Å². The number of nitrogens with one attached hydrogen (secondary N) is 1. The maximum absolute atomic E-state index is 11.9. The van der Waals surface area contributed by atoms with Gasteiger partial charge in [-0.3, -0.25) is 14.8 Å². The summed E-state index contributed by atoms with van der Waals surface area (Å²) in [7, 11) is 0. The van der Waals surface area contributed by atoms with Crippen LogP contribution in [0.1, 0.15) is 32.0 Å². The number of amides is 1. The number of pyridine rings is 2. The minimum atomic E-state index is -1.03. The molecule has 0 saturated heterocycles. The largest absolute Gasteiger partial charge is 0.478 e. The molecule has 0 aliphatic carbocycles. The minimum absolute atomic E-state index is 0.140. The molecule has 102 valence electrons. The zero-order chi connectivity index (χ0) is 14.5. The van der Waals surface area contributed by atoms with E-state index < -0.39 is 5.97 Å². The van der Waals surface area contributed by atoms with Crippen molar-refractivity contribution in [3.63, 3.8) is 0 Å². The number of nitrogens with zero attached hydrogens (tertiary/aromatic N) is 2. The van der Waals surface area contributed by atoms with Crippen molar-refractivity contribution in [2.24, 2.45) is 0 Å². The first kappa shape index (κ1) is 13.7. The van der Waals surface area contributed by atoms with Crippen LogP contribution in [-0.4, -0.2) is 27.0 Å². The van der Waals surface area contributed by atoms with Gasteiger partial charge in [0.05, 0.1) is 23.4 Å². The fourth-order valence-electron chi connectivity index (χ4n) is 1.66. The van der Waals surface area contributed by atoms with E-state index in [1.54, 1.807) is 12.3 Å². The normalized spacial score (nSPS) is 10.1. The van der Waals surface area contributed by atoms with Crippen LogP contribution >= 0.6 is 0 Å². The van der Waals surface area contributed by atoms with Gasteiger partial charge in [-0.1, -0.05) is 0 Å². The Balaban J connectivity index is 2.03. The molecule has 2 aromatic heterocycles. The molecule has 2 heterocycles. The molecule has 0 aliphatic heterocycles. The standard InChI is InChI=1S/C14H13N3O3/c1-9-4-11(7-15-6-9)13(18)17-8-12-5-10(14(19)20)2-3-16-12/h2-7H,8H2,1H3,(H,17,18)(H,19,20). The SMILES string of the molecule is Cc1cncc(C(=O)NCc2cc(C(=O)O)ccn2)c1. The number of carbonyl (C=O) groups excluding carboxylic acids is 1. The second-order valence-electron chi connectivity index (χ2n) is 4.27. The number of rotatable bonds is 4. The summed E-state index contributed by atoms with van der Waals surface area (Å²) < 4.78 is 0. The third-order valence-electron chi connectivity index (χ3n) is 2.63. The van der Waals surface area contributed by atoms with E-state index in [0.29, 0.717) is 11.3 Å². The van der Waals surface area contributed by atoms with Crippen LogP contribution in [0, 0.1) is 6.92 Å². The van der Waals surface area contributed by atoms with Gasteiger partial charge in [-0.2, -0.15) is 0 Å². The van der Waals surface area contributed by atoms with Crippen molar-refractivity contribution in [3.8, 4) is 0 Å². The number of aryl methyl sites for hydroxylation is 1. The maximum atomic E-state index is 11.9. The molecule has 0 unspecified atom stereocenters. The summed E-state index contributed by atoms with van der Waals surface area (Å²) in [5.41, 5.74) is 1.98. The fraction of sp³-hybridized carbons (Fsp3) is 0.143. The Labute approximate surface area is 115 Å². The van der Waals surface area contributed by atoms with Crippen LogP contribution in [-0.2, 0) is 6.54 Å². The summed E-state index contributed by atoms with van der Waals surface area (Å²) in [5.74, 6) is -1.30. The van der Waals surface area contributed by atoms with Gasteiger partial charge in [-0.25, -0.2) is 4.79 Å². The number of carbonyl (C=O) groups is 2. The molecule has 2 rings (SSSR count). The van der Waals surface area contributed by atoms with E-state index in [1.165, 1.54) is 24.5 Å². The van der Waals surface area contributed by atoms with Crippen molar-refractivity contribution in [1.82, 2.24) is 15.3 Å². The smallest absolute Gasteiger partial charge is 0.335 e. The molecule has 0 atom stereocenters. The summed E-state index contributed by atoms with van der Waals surface area (Å²) in [6.45, 7) is 2.01. The van der Waals surface area contributed by atoms with Crippen molar-refractivity contribution in [1.29, 1.82) is 0 Å². The molecule has 0 fully saturated rings. The van der Waals surface area contributed by atoms with E-state index in [4.69, 9.17) is 5.11 Å². The Bertz CT molecular complexity index is 656. The molecule has 1 amide bonds. The molecular formula is C14H13N3O3. The summed E-state index contributed by atoms with van der Waals surface area (Å²) in [4.78, 5) is 30.7. The summed E-state index contributed by atoms with van der Waals surface area (Å²) in [6, 6.07) is 4.55. The van der Waals surface area contributed by atoms with E-state index in [0.717, 1.165) is 5.56 Å². The highest BCUT2D eigenvalue weighted by Gasteiger charge is 2.08. The number of aromatic nitrogens is 2. The Kier molecular flexibility index (Phi) is 4.05. The summed E-state index contributed by atoms with van der Waals surface area (Å²) in [5, 5.41) is 11.5. The average Bonchev–Trinajstić information content (AvgIpc) is 2.45. The third-order valence-corrected chi connectivity index (χ3v) is 2.63. The van der Waals surface area contributed by atoms with Crippen molar-refractivity contribution >= 4 is 11.9 Å². The van der Waals surface area contributed by atoms with Crippen LogP contribution in [0.15, 0.2) is 36.8 Å². The average molecular weight is 271 g/mol. The Morgan fingerprint density at radius 3 is 2.75 bits per heavy atom. The first-order chi connectivity index (χ1) is 9.56. The quantitative estimate of drug-likeness (QED) is 0.877. The van der Waals surface area contributed by atoms with Crippen LogP contribution in [0.2, 0.25) is 0 Å². The molecule has 0 bridgehead atoms. The van der Waals surface area contributed by atoms with Gasteiger partial charge in [0.2, 0.25) is 0 Å². The molecule has 0 aromatic carbocycles. The Morgan fingerprint density at radius 2 is 2.05 bits per heavy atom. The number of hydrogen-bond donors (Lipinski definition) is 2. The fourth-order valence-corrected chi connectivity index (χ4v) is 1.66. The van der Waals surface area contributed by atoms with Crippen LogP contribution in [0.4, 0.5) is 0 Å². The van der Waals surface area contributed by atoms with Gasteiger partial charge in [0.25, 0.3) is 5.91 Å². The van der Waals surface area contributed by atoms with Crippen LogP contribution in [0.5, 0.6) is 0 Å². The highest BCUT2D eigenvalue weighted by Crippen LogP contribution is 2.04. The molecule has 0 radical (unpaired) electrons. The van der Waals surface area contributed by atoms with E-state index >= 15 is 0 Å². The summed E-state index contributed by atoms with van der Waals surface area (Å²) >= 11 is 0. The zero-order valence-electron chi connectivity index (χ0n) is 10.8. The summed E-state index contributed by atoms with van der Waals surface area (Å²) in [6.07, 6.45) is 4.54. The molecule has 6 heteroatoms. The van der Waals surface area contributed by atoms with Gasteiger partial charge < -0.3 is 10.4 Å².